The van der Waals surface area contributed by atoms with Crippen molar-refractivity contribution in [1.82, 2.24) is 5.32 Å². The third kappa shape index (κ3) is 2.94. The SMILES string of the molecule is Fc1cccc(Cl)c1COC1CCNCC1. The van der Waals surface area contributed by atoms with Crippen LogP contribution in [0, 0.1) is 5.82 Å². The number of rotatable bonds is 3. The second-order valence-electron chi connectivity index (χ2n) is 3.96. The van der Waals surface area contributed by atoms with E-state index in [1.807, 2.05) is 0 Å². The molecular formula is C12H15ClFNO. The van der Waals surface area contributed by atoms with E-state index in [0.717, 1.165) is 25.9 Å². The molecule has 1 N–H and O–H groups in total. The number of halogens is 2. The summed E-state index contributed by atoms with van der Waals surface area (Å²) in [6.45, 7) is 2.20. The molecule has 0 saturated carbocycles. The molecule has 1 aromatic rings. The van der Waals surface area contributed by atoms with Crippen molar-refractivity contribution in [2.75, 3.05) is 13.1 Å². The normalized spacial score (nSPS) is 17.6. The van der Waals surface area contributed by atoms with E-state index in [4.69, 9.17) is 16.3 Å². The molecule has 0 aliphatic carbocycles. The molecule has 0 radical (unpaired) electrons. The maximum atomic E-state index is 13.4. The maximum absolute atomic E-state index is 13.4. The zero-order valence-corrected chi connectivity index (χ0v) is 9.77. The molecule has 1 aliphatic rings. The van der Waals surface area contributed by atoms with E-state index in [-0.39, 0.29) is 18.5 Å². The molecular weight excluding hydrogens is 229 g/mol. The molecule has 1 saturated heterocycles. The van der Waals surface area contributed by atoms with Gasteiger partial charge in [0.2, 0.25) is 0 Å². The molecule has 1 aromatic carbocycles. The molecule has 0 aromatic heterocycles. The van der Waals surface area contributed by atoms with Crippen LogP contribution in [0.2, 0.25) is 5.02 Å². The molecule has 0 amide bonds. The van der Waals surface area contributed by atoms with E-state index in [9.17, 15) is 4.39 Å². The number of piperidine rings is 1. The summed E-state index contributed by atoms with van der Waals surface area (Å²) in [6.07, 6.45) is 2.18. The van der Waals surface area contributed by atoms with E-state index in [2.05, 4.69) is 5.32 Å². The highest BCUT2D eigenvalue weighted by atomic mass is 35.5. The van der Waals surface area contributed by atoms with Crippen molar-refractivity contribution in [3.63, 3.8) is 0 Å². The van der Waals surface area contributed by atoms with Gasteiger partial charge in [-0.3, -0.25) is 0 Å². The topological polar surface area (TPSA) is 21.3 Å². The van der Waals surface area contributed by atoms with Gasteiger partial charge in [0.05, 0.1) is 12.7 Å². The molecule has 1 aliphatic heterocycles. The molecule has 2 rings (SSSR count). The summed E-state index contributed by atoms with van der Waals surface area (Å²) in [6, 6.07) is 4.70. The van der Waals surface area contributed by atoms with Crippen LogP contribution in [0.3, 0.4) is 0 Å². The Morgan fingerprint density at radius 2 is 2.12 bits per heavy atom. The Balaban J connectivity index is 1.93. The van der Waals surface area contributed by atoms with Gasteiger partial charge in [0.15, 0.2) is 0 Å². The van der Waals surface area contributed by atoms with Crippen molar-refractivity contribution in [3.05, 3.63) is 34.6 Å². The van der Waals surface area contributed by atoms with E-state index >= 15 is 0 Å². The Morgan fingerprint density at radius 1 is 1.38 bits per heavy atom. The molecule has 0 atom stereocenters. The van der Waals surface area contributed by atoms with Gasteiger partial charge in [-0.05, 0) is 38.1 Å². The minimum absolute atomic E-state index is 0.219. The van der Waals surface area contributed by atoms with Gasteiger partial charge in [0.25, 0.3) is 0 Å². The summed E-state index contributed by atoms with van der Waals surface area (Å²) >= 11 is 5.91. The van der Waals surface area contributed by atoms with Crippen molar-refractivity contribution in [3.8, 4) is 0 Å². The minimum Gasteiger partial charge on any atom is -0.373 e. The van der Waals surface area contributed by atoms with Crippen LogP contribution in [0.5, 0.6) is 0 Å². The predicted octanol–water partition coefficient (Wildman–Crippen LogP) is 2.75. The fraction of sp³-hybridized carbons (Fsp3) is 0.500. The van der Waals surface area contributed by atoms with E-state index in [1.165, 1.54) is 6.07 Å². The number of hydrogen-bond acceptors (Lipinski definition) is 2. The van der Waals surface area contributed by atoms with Crippen LogP contribution >= 0.6 is 11.6 Å². The summed E-state index contributed by atoms with van der Waals surface area (Å²) < 4.78 is 19.1. The number of benzene rings is 1. The van der Waals surface area contributed by atoms with Crippen LogP contribution in [-0.2, 0) is 11.3 Å². The molecule has 2 nitrogen and oxygen atoms in total. The summed E-state index contributed by atoms with van der Waals surface area (Å²) in [5, 5.41) is 3.69. The second kappa shape index (κ2) is 5.62. The van der Waals surface area contributed by atoms with Crippen LogP contribution in [-0.4, -0.2) is 19.2 Å². The highest BCUT2D eigenvalue weighted by molar-refractivity contribution is 6.31. The van der Waals surface area contributed by atoms with Crippen molar-refractivity contribution in [2.45, 2.75) is 25.6 Å². The molecule has 0 bridgehead atoms. The van der Waals surface area contributed by atoms with Gasteiger partial charge in [-0.15, -0.1) is 0 Å². The summed E-state index contributed by atoms with van der Waals surface area (Å²) in [4.78, 5) is 0. The fourth-order valence-electron chi connectivity index (χ4n) is 1.83. The van der Waals surface area contributed by atoms with Gasteiger partial charge in [0.1, 0.15) is 5.82 Å². The Labute approximate surface area is 99.7 Å². The molecule has 1 fully saturated rings. The van der Waals surface area contributed by atoms with Crippen molar-refractivity contribution in [2.24, 2.45) is 0 Å². The molecule has 0 unspecified atom stereocenters. The second-order valence-corrected chi connectivity index (χ2v) is 4.37. The summed E-state index contributed by atoms with van der Waals surface area (Å²) in [5.74, 6) is -0.290. The summed E-state index contributed by atoms with van der Waals surface area (Å²) in [7, 11) is 0. The van der Waals surface area contributed by atoms with Crippen molar-refractivity contribution >= 4 is 11.6 Å². The van der Waals surface area contributed by atoms with Gasteiger partial charge in [-0.2, -0.15) is 0 Å². The Hall–Kier alpha value is -0.640. The van der Waals surface area contributed by atoms with Gasteiger partial charge >= 0.3 is 0 Å². The average Bonchev–Trinajstić information content (AvgIpc) is 2.30. The third-order valence-corrected chi connectivity index (χ3v) is 3.17. The highest BCUT2D eigenvalue weighted by Crippen LogP contribution is 2.21. The standard InChI is InChI=1S/C12H15ClFNO/c13-11-2-1-3-12(14)10(11)8-16-9-4-6-15-7-5-9/h1-3,9,15H,4-8H2. The lowest BCUT2D eigenvalue weighted by atomic mass is 10.1. The van der Waals surface area contributed by atoms with E-state index < -0.39 is 0 Å². The van der Waals surface area contributed by atoms with Crippen LogP contribution in [0.25, 0.3) is 0 Å². The van der Waals surface area contributed by atoms with Crippen LogP contribution in [0.15, 0.2) is 18.2 Å². The van der Waals surface area contributed by atoms with Crippen LogP contribution < -0.4 is 5.32 Å². The predicted molar refractivity (Wildman–Crippen MR) is 62.1 cm³/mol. The first-order chi connectivity index (χ1) is 7.77. The zero-order valence-electron chi connectivity index (χ0n) is 9.01. The van der Waals surface area contributed by atoms with Gasteiger partial charge in [0, 0.05) is 10.6 Å². The lowest BCUT2D eigenvalue weighted by molar-refractivity contribution is 0.0200. The quantitative estimate of drug-likeness (QED) is 0.882. The smallest absolute Gasteiger partial charge is 0.130 e. The monoisotopic (exact) mass is 243 g/mol. The van der Waals surface area contributed by atoms with E-state index in [0.29, 0.717) is 10.6 Å². The number of nitrogens with one attached hydrogen (secondary N) is 1. The van der Waals surface area contributed by atoms with Crippen LogP contribution in [0.4, 0.5) is 4.39 Å². The van der Waals surface area contributed by atoms with Gasteiger partial charge < -0.3 is 10.1 Å². The molecule has 4 heteroatoms. The molecule has 88 valence electrons. The lowest BCUT2D eigenvalue weighted by Crippen LogP contribution is -2.32. The highest BCUT2D eigenvalue weighted by Gasteiger charge is 2.15. The van der Waals surface area contributed by atoms with Gasteiger partial charge in [-0.1, -0.05) is 17.7 Å². The number of ether oxygens (including phenoxy) is 1. The fourth-order valence-corrected chi connectivity index (χ4v) is 2.05. The van der Waals surface area contributed by atoms with E-state index in [1.54, 1.807) is 12.1 Å². The minimum atomic E-state index is -0.290. The molecule has 16 heavy (non-hydrogen) atoms. The first kappa shape index (κ1) is 11.8. The Kier molecular flexibility index (Phi) is 4.16. The van der Waals surface area contributed by atoms with Crippen LogP contribution in [0.1, 0.15) is 18.4 Å². The third-order valence-electron chi connectivity index (χ3n) is 2.81. The molecule has 0 spiro atoms. The Bertz CT molecular complexity index is 333. The molecule has 1 heterocycles. The zero-order chi connectivity index (χ0) is 11.4. The maximum Gasteiger partial charge on any atom is 0.130 e. The average molecular weight is 244 g/mol. The first-order valence-corrected chi connectivity index (χ1v) is 5.90. The van der Waals surface area contributed by atoms with Gasteiger partial charge in [-0.25, -0.2) is 4.39 Å². The largest absolute Gasteiger partial charge is 0.373 e. The number of hydrogen-bond donors (Lipinski definition) is 1. The first-order valence-electron chi connectivity index (χ1n) is 5.52. The Morgan fingerprint density at radius 3 is 2.81 bits per heavy atom. The summed E-state index contributed by atoms with van der Waals surface area (Å²) in [5.41, 5.74) is 0.461. The van der Waals surface area contributed by atoms with Crippen molar-refractivity contribution < 1.29 is 9.13 Å². The lowest BCUT2D eigenvalue weighted by Gasteiger charge is -2.23. The van der Waals surface area contributed by atoms with Crippen molar-refractivity contribution in [1.29, 1.82) is 0 Å².